The first-order valence-electron chi connectivity index (χ1n) is 5.34. The van der Waals surface area contributed by atoms with E-state index in [1.54, 1.807) is 7.11 Å². The first kappa shape index (κ1) is 13.3. The predicted molar refractivity (Wildman–Crippen MR) is 70.3 cm³/mol. The Morgan fingerprint density at radius 1 is 1.38 bits per heavy atom. The van der Waals surface area contributed by atoms with Crippen molar-refractivity contribution in [3.8, 4) is 5.75 Å². The highest BCUT2D eigenvalue weighted by atomic mass is 79.9. The third kappa shape index (κ3) is 3.68. The van der Waals surface area contributed by atoms with Gasteiger partial charge in [0.25, 0.3) is 0 Å². The molecule has 4 heteroatoms. The maximum atomic E-state index is 8.72. The Labute approximate surface area is 105 Å². The lowest BCUT2D eigenvalue weighted by Crippen LogP contribution is -2.18. The highest BCUT2D eigenvalue weighted by Gasteiger charge is 2.04. The minimum absolute atomic E-state index is 0.264. The van der Waals surface area contributed by atoms with Crippen LogP contribution in [0.5, 0.6) is 5.75 Å². The fourth-order valence-electron chi connectivity index (χ4n) is 1.48. The summed E-state index contributed by atoms with van der Waals surface area (Å²) in [7, 11) is 3.70. The summed E-state index contributed by atoms with van der Waals surface area (Å²) in [6.07, 6.45) is 1.85. The lowest BCUT2D eigenvalue weighted by Gasteiger charge is -2.19. The molecule has 0 spiro atoms. The van der Waals surface area contributed by atoms with Crippen LogP contribution in [0.15, 0.2) is 22.7 Å². The van der Waals surface area contributed by atoms with Crippen LogP contribution in [0.1, 0.15) is 12.8 Å². The molecule has 3 nitrogen and oxygen atoms in total. The topological polar surface area (TPSA) is 32.7 Å². The van der Waals surface area contributed by atoms with Crippen molar-refractivity contribution in [2.24, 2.45) is 0 Å². The van der Waals surface area contributed by atoms with Gasteiger partial charge in [-0.2, -0.15) is 0 Å². The van der Waals surface area contributed by atoms with E-state index in [0.29, 0.717) is 0 Å². The molecule has 0 radical (unpaired) electrons. The van der Waals surface area contributed by atoms with Crippen molar-refractivity contribution in [2.45, 2.75) is 12.8 Å². The number of nitrogens with zero attached hydrogens (tertiary/aromatic N) is 1. The minimum atomic E-state index is 0.264. The van der Waals surface area contributed by atoms with Crippen molar-refractivity contribution in [1.82, 2.24) is 0 Å². The number of hydrogen-bond donors (Lipinski definition) is 1. The second-order valence-electron chi connectivity index (χ2n) is 3.67. The molecule has 0 heterocycles. The van der Waals surface area contributed by atoms with Gasteiger partial charge in [0.05, 0.1) is 11.6 Å². The molecule has 0 unspecified atom stereocenters. The van der Waals surface area contributed by atoms with E-state index in [2.05, 4.69) is 20.8 Å². The minimum Gasteiger partial charge on any atom is -0.496 e. The molecule has 0 saturated carbocycles. The molecular formula is C12H18BrNO2. The van der Waals surface area contributed by atoms with Crippen molar-refractivity contribution >= 4 is 21.6 Å². The molecule has 1 rings (SSSR count). The van der Waals surface area contributed by atoms with Crippen LogP contribution in [-0.4, -0.2) is 32.4 Å². The van der Waals surface area contributed by atoms with E-state index in [4.69, 9.17) is 9.84 Å². The SMILES string of the molecule is COc1ccc(N(C)CCCCO)cc1Br. The maximum absolute atomic E-state index is 8.72. The monoisotopic (exact) mass is 287 g/mol. The lowest BCUT2D eigenvalue weighted by atomic mass is 10.2. The van der Waals surface area contributed by atoms with E-state index < -0.39 is 0 Å². The summed E-state index contributed by atoms with van der Waals surface area (Å²) >= 11 is 3.47. The quantitative estimate of drug-likeness (QED) is 0.817. The van der Waals surface area contributed by atoms with Crippen LogP contribution in [0.4, 0.5) is 5.69 Å². The molecule has 0 atom stereocenters. The van der Waals surface area contributed by atoms with E-state index in [1.165, 1.54) is 0 Å². The Morgan fingerprint density at radius 2 is 2.12 bits per heavy atom. The number of benzene rings is 1. The fraction of sp³-hybridized carbons (Fsp3) is 0.500. The smallest absolute Gasteiger partial charge is 0.133 e. The molecule has 1 aromatic rings. The van der Waals surface area contributed by atoms with Gasteiger partial charge in [0.15, 0.2) is 0 Å². The van der Waals surface area contributed by atoms with E-state index >= 15 is 0 Å². The molecule has 0 aliphatic rings. The number of aliphatic hydroxyl groups is 1. The molecule has 0 aliphatic heterocycles. The van der Waals surface area contributed by atoms with Gasteiger partial charge in [0.1, 0.15) is 5.75 Å². The van der Waals surface area contributed by atoms with E-state index in [-0.39, 0.29) is 6.61 Å². The Bertz CT molecular complexity index is 331. The van der Waals surface area contributed by atoms with Gasteiger partial charge in [0, 0.05) is 25.9 Å². The molecule has 1 N–H and O–H groups in total. The molecule has 1 aromatic carbocycles. The summed E-state index contributed by atoms with van der Waals surface area (Å²) in [5.41, 5.74) is 1.14. The van der Waals surface area contributed by atoms with Crippen LogP contribution in [-0.2, 0) is 0 Å². The van der Waals surface area contributed by atoms with E-state index in [9.17, 15) is 0 Å². The van der Waals surface area contributed by atoms with Gasteiger partial charge in [-0.25, -0.2) is 0 Å². The molecule has 90 valence electrons. The molecule has 16 heavy (non-hydrogen) atoms. The van der Waals surface area contributed by atoms with Crippen LogP contribution < -0.4 is 9.64 Å². The average molecular weight is 288 g/mol. The van der Waals surface area contributed by atoms with Gasteiger partial charge in [-0.1, -0.05) is 0 Å². The zero-order valence-corrected chi connectivity index (χ0v) is 11.3. The summed E-state index contributed by atoms with van der Waals surface area (Å²) in [5.74, 6) is 0.840. The number of ether oxygens (including phenoxy) is 1. The molecule has 0 fully saturated rings. The van der Waals surface area contributed by atoms with Crippen LogP contribution >= 0.6 is 15.9 Å². The Balaban J connectivity index is 2.62. The van der Waals surface area contributed by atoms with Gasteiger partial charge in [-0.3, -0.25) is 0 Å². The Kier molecular flexibility index (Phi) is 5.63. The molecule has 0 amide bonds. The second-order valence-corrected chi connectivity index (χ2v) is 4.53. The highest BCUT2D eigenvalue weighted by Crippen LogP contribution is 2.29. The van der Waals surface area contributed by atoms with Crippen molar-refractivity contribution in [3.63, 3.8) is 0 Å². The number of rotatable bonds is 6. The number of methoxy groups -OCH3 is 1. The average Bonchev–Trinajstić information content (AvgIpc) is 2.29. The summed E-state index contributed by atoms with van der Waals surface area (Å²) < 4.78 is 6.14. The predicted octanol–water partition coefficient (Wildman–Crippen LogP) is 2.67. The number of halogens is 1. The van der Waals surface area contributed by atoms with Crippen LogP contribution in [0.2, 0.25) is 0 Å². The number of unbranched alkanes of at least 4 members (excludes halogenated alkanes) is 1. The summed E-state index contributed by atoms with van der Waals surface area (Å²) in [6.45, 7) is 1.21. The third-order valence-electron chi connectivity index (χ3n) is 2.48. The summed E-state index contributed by atoms with van der Waals surface area (Å²) in [5, 5.41) is 8.72. The molecule has 0 saturated heterocycles. The van der Waals surface area contributed by atoms with Gasteiger partial charge < -0.3 is 14.7 Å². The largest absolute Gasteiger partial charge is 0.496 e. The zero-order valence-electron chi connectivity index (χ0n) is 9.74. The zero-order chi connectivity index (χ0) is 12.0. The second kappa shape index (κ2) is 6.76. The van der Waals surface area contributed by atoms with E-state index in [1.807, 2.05) is 25.2 Å². The number of hydrogen-bond acceptors (Lipinski definition) is 3. The van der Waals surface area contributed by atoms with Gasteiger partial charge >= 0.3 is 0 Å². The third-order valence-corrected chi connectivity index (χ3v) is 3.10. The molecule has 0 aromatic heterocycles. The van der Waals surface area contributed by atoms with Crippen LogP contribution in [0.3, 0.4) is 0 Å². The Hall–Kier alpha value is -0.740. The molecule has 0 aliphatic carbocycles. The van der Waals surface area contributed by atoms with E-state index in [0.717, 1.165) is 35.3 Å². The summed E-state index contributed by atoms with van der Waals surface area (Å²) in [4.78, 5) is 2.17. The molecular weight excluding hydrogens is 270 g/mol. The highest BCUT2D eigenvalue weighted by molar-refractivity contribution is 9.10. The lowest BCUT2D eigenvalue weighted by molar-refractivity contribution is 0.285. The van der Waals surface area contributed by atoms with Gasteiger partial charge in [-0.05, 0) is 47.0 Å². The standard InChI is InChI=1S/C12H18BrNO2/c1-14(7-3-4-8-15)10-5-6-12(16-2)11(13)9-10/h5-6,9,15H,3-4,7-8H2,1-2H3. The maximum Gasteiger partial charge on any atom is 0.133 e. The Morgan fingerprint density at radius 3 is 2.69 bits per heavy atom. The number of anilines is 1. The van der Waals surface area contributed by atoms with Gasteiger partial charge in [-0.15, -0.1) is 0 Å². The number of aliphatic hydroxyl groups excluding tert-OH is 1. The van der Waals surface area contributed by atoms with Crippen LogP contribution in [0, 0.1) is 0 Å². The molecule has 0 bridgehead atoms. The fourth-order valence-corrected chi connectivity index (χ4v) is 2.01. The van der Waals surface area contributed by atoms with Crippen LogP contribution in [0.25, 0.3) is 0 Å². The normalized spacial score (nSPS) is 10.2. The van der Waals surface area contributed by atoms with Crippen molar-refractivity contribution < 1.29 is 9.84 Å². The first-order valence-corrected chi connectivity index (χ1v) is 6.14. The van der Waals surface area contributed by atoms with Gasteiger partial charge in [0.2, 0.25) is 0 Å². The first-order chi connectivity index (χ1) is 7.69. The van der Waals surface area contributed by atoms with Crippen molar-refractivity contribution in [1.29, 1.82) is 0 Å². The summed E-state index contributed by atoms with van der Waals surface area (Å²) in [6, 6.07) is 6.02. The van der Waals surface area contributed by atoms with Crippen molar-refractivity contribution in [3.05, 3.63) is 22.7 Å². The van der Waals surface area contributed by atoms with Crippen molar-refractivity contribution in [2.75, 3.05) is 32.2 Å².